The van der Waals surface area contributed by atoms with Gasteiger partial charge in [-0.15, -0.1) is 0 Å². The molecule has 0 bridgehead atoms. The van der Waals surface area contributed by atoms with Gasteiger partial charge in [-0.3, -0.25) is 0 Å². The molecule has 0 atom stereocenters. The van der Waals surface area contributed by atoms with Crippen molar-refractivity contribution in [3.05, 3.63) is 21.9 Å². The van der Waals surface area contributed by atoms with Crippen LogP contribution in [0.2, 0.25) is 0 Å². The van der Waals surface area contributed by atoms with Gasteiger partial charge < -0.3 is 14.9 Å². The van der Waals surface area contributed by atoms with Crippen LogP contribution in [-0.2, 0) is 5.60 Å². The summed E-state index contributed by atoms with van der Waals surface area (Å²) in [6.45, 7) is 0. The van der Waals surface area contributed by atoms with Crippen molar-refractivity contribution in [2.75, 3.05) is 7.11 Å². The molecule has 0 saturated heterocycles. The Hall–Kier alpha value is -0.810. The monoisotopic (exact) mass is 276 g/mol. The molecule has 0 unspecified atom stereocenters. The van der Waals surface area contributed by atoms with Crippen LogP contribution >= 0.6 is 15.9 Å². The summed E-state index contributed by atoms with van der Waals surface area (Å²) in [5.41, 5.74) is -1.02. The van der Waals surface area contributed by atoms with Crippen LogP contribution in [0, 0.1) is 5.82 Å². The van der Waals surface area contributed by atoms with Crippen LogP contribution in [-0.4, -0.2) is 17.3 Å². The van der Waals surface area contributed by atoms with Crippen LogP contribution in [0.4, 0.5) is 4.39 Å². The zero-order chi connectivity index (χ0) is 11.2. The fraction of sp³-hybridized carbons (Fsp3) is 0.400. The zero-order valence-electron chi connectivity index (χ0n) is 8.05. The molecular formula is C10H10BrFO3. The van der Waals surface area contributed by atoms with Crippen molar-refractivity contribution >= 4 is 15.9 Å². The lowest BCUT2D eigenvalue weighted by molar-refractivity contribution is 0.145. The number of ether oxygens (including phenoxy) is 1. The quantitative estimate of drug-likeness (QED) is 0.872. The molecule has 2 N–H and O–H groups in total. The van der Waals surface area contributed by atoms with Crippen molar-refractivity contribution < 1.29 is 19.3 Å². The van der Waals surface area contributed by atoms with Crippen molar-refractivity contribution in [2.24, 2.45) is 0 Å². The number of benzene rings is 1. The third kappa shape index (κ3) is 1.59. The lowest BCUT2D eigenvalue weighted by atomic mass is 10.1. The predicted octanol–water partition coefficient (Wildman–Crippen LogP) is 2.28. The molecule has 0 amide bonds. The third-order valence-corrected chi connectivity index (χ3v) is 3.34. The van der Waals surface area contributed by atoms with Gasteiger partial charge in [0.25, 0.3) is 0 Å². The molecule has 2 rings (SSSR count). The predicted molar refractivity (Wildman–Crippen MR) is 55.4 cm³/mol. The maximum atomic E-state index is 13.6. The Labute approximate surface area is 94.6 Å². The Bertz CT molecular complexity index is 416. The topological polar surface area (TPSA) is 49.7 Å². The summed E-state index contributed by atoms with van der Waals surface area (Å²) in [5.74, 6) is -0.710. The van der Waals surface area contributed by atoms with Crippen LogP contribution in [0.25, 0.3) is 0 Å². The fourth-order valence-corrected chi connectivity index (χ4v) is 2.29. The number of rotatable bonds is 2. The Kier molecular flexibility index (Phi) is 2.39. The number of phenolic OH excluding ortho intramolecular Hbond substituents is 1. The Morgan fingerprint density at radius 2 is 2.13 bits per heavy atom. The minimum atomic E-state index is -1.13. The zero-order valence-corrected chi connectivity index (χ0v) is 9.64. The van der Waals surface area contributed by atoms with E-state index >= 15 is 0 Å². The normalized spacial score (nSPS) is 17.6. The molecule has 1 aromatic rings. The molecule has 1 aliphatic carbocycles. The van der Waals surface area contributed by atoms with Crippen LogP contribution in [0.3, 0.4) is 0 Å². The maximum Gasteiger partial charge on any atom is 0.172 e. The molecule has 3 nitrogen and oxygen atoms in total. The van der Waals surface area contributed by atoms with Crippen molar-refractivity contribution in [1.29, 1.82) is 0 Å². The van der Waals surface area contributed by atoms with Gasteiger partial charge in [0, 0.05) is 11.6 Å². The van der Waals surface area contributed by atoms with Gasteiger partial charge in [-0.2, -0.15) is 0 Å². The first kappa shape index (κ1) is 10.7. The van der Waals surface area contributed by atoms with Crippen molar-refractivity contribution in [2.45, 2.75) is 18.4 Å². The summed E-state index contributed by atoms with van der Waals surface area (Å²) in [6.07, 6.45) is 1.02. The summed E-state index contributed by atoms with van der Waals surface area (Å²) in [4.78, 5) is 0. The number of aromatic hydroxyl groups is 1. The van der Waals surface area contributed by atoms with Gasteiger partial charge in [-0.25, -0.2) is 4.39 Å². The Morgan fingerprint density at radius 1 is 1.53 bits per heavy atom. The first-order valence-electron chi connectivity index (χ1n) is 4.47. The molecular weight excluding hydrogens is 267 g/mol. The van der Waals surface area contributed by atoms with Crippen molar-refractivity contribution in [1.82, 2.24) is 0 Å². The summed E-state index contributed by atoms with van der Waals surface area (Å²) in [5, 5.41) is 19.5. The molecule has 15 heavy (non-hydrogen) atoms. The maximum absolute atomic E-state index is 13.6. The number of halogens is 2. The second-order valence-electron chi connectivity index (χ2n) is 3.63. The average Bonchev–Trinajstić information content (AvgIpc) is 2.91. The van der Waals surface area contributed by atoms with Crippen LogP contribution in [0.15, 0.2) is 10.5 Å². The van der Waals surface area contributed by atoms with E-state index in [0.29, 0.717) is 12.8 Å². The first-order valence-corrected chi connectivity index (χ1v) is 5.27. The molecule has 1 aromatic carbocycles. The lowest BCUT2D eigenvalue weighted by Crippen LogP contribution is -2.09. The van der Waals surface area contributed by atoms with E-state index in [4.69, 9.17) is 4.74 Å². The summed E-state index contributed by atoms with van der Waals surface area (Å²) in [7, 11) is 1.34. The minimum absolute atomic E-state index is 0.0485. The van der Waals surface area contributed by atoms with Gasteiger partial charge in [0.1, 0.15) is 5.82 Å². The van der Waals surface area contributed by atoms with E-state index < -0.39 is 11.4 Å². The van der Waals surface area contributed by atoms with Gasteiger partial charge in [0.05, 0.1) is 17.2 Å². The summed E-state index contributed by atoms with van der Waals surface area (Å²) in [6, 6.07) is 1.08. The van der Waals surface area contributed by atoms with E-state index in [0.717, 1.165) is 6.07 Å². The van der Waals surface area contributed by atoms with Crippen LogP contribution < -0.4 is 4.74 Å². The third-order valence-electron chi connectivity index (χ3n) is 2.57. The smallest absolute Gasteiger partial charge is 0.172 e. The van der Waals surface area contributed by atoms with E-state index in [1.807, 2.05) is 0 Å². The second kappa shape index (κ2) is 3.35. The van der Waals surface area contributed by atoms with Crippen LogP contribution in [0.5, 0.6) is 11.5 Å². The molecule has 0 aliphatic heterocycles. The summed E-state index contributed by atoms with van der Waals surface area (Å²) < 4.78 is 18.6. The largest absolute Gasteiger partial charge is 0.503 e. The molecule has 0 heterocycles. The highest BCUT2D eigenvalue weighted by molar-refractivity contribution is 9.10. The fourth-order valence-electron chi connectivity index (χ4n) is 1.54. The Morgan fingerprint density at radius 3 is 2.60 bits per heavy atom. The molecule has 5 heteroatoms. The van der Waals surface area contributed by atoms with E-state index in [1.54, 1.807) is 0 Å². The van der Waals surface area contributed by atoms with E-state index in [2.05, 4.69) is 15.9 Å². The van der Waals surface area contributed by atoms with Gasteiger partial charge >= 0.3 is 0 Å². The van der Waals surface area contributed by atoms with Gasteiger partial charge in [-0.1, -0.05) is 0 Å². The SMILES string of the molecule is COc1cc(F)c(C2(O)CC2)c(Br)c1O. The van der Waals surface area contributed by atoms with Gasteiger partial charge in [0.2, 0.25) is 0 Å². The number of aliphatic hydroxyl groups is 1. The van der Waals surface area contributed by atoms with E-state index in [-0.39, 0.29) is 21.5 Å². The molecule has 82 valence electrons. The number of phenols is 1. The van der Waals surface area contributed by atoms with E-state index in [9.17, 15) is 14.6 Å². The molecule has 0 radical (unpaired) electrons. The lowest BCUT2D eigenvalue weighted by Gasteiger charge is -2.15. The second-order valence-corrected chi connectivity index (χ2v) is 4.42. The van der Waals surface area contributed by atoms with Gasteiger partial charge in [-0.05, 0) is 28.8 Å². The van der Waals surface area contributed by atoms with Crippen molar-refractivity contribution in [3.8, 4) is 11.5 Å². The molecule has 1 aliphatic rings. The highest BCUT2D eigenvalue weighted by Crippen LogP contribution is 2.52. The number of methoxy groups -OCH3 is 1. The summed E-state index contributed by atoms with van der Waals surface area (Å²) >= 11 is 3.07. The first-order chi connectivity index (χ1) is 6.99. The average molecular weight is 277 g/mol. The molecule has 0 aromatic heterocycles. The number of hydrogen-bond acceptors (Lipinski definition) is 3. The molecule has 0 spiro atoms. The van der Waals surface area contributed by atoms with E-state index in [1.165, 1.54) is 7.11 Å². The Balaban J connectivity index is 2.61. The van der Waals surface area contributed by atoms with Gasteiger partial charge in [0.15, 0.2) is 11.5 Å². The number of hydrogen-bond donors (Lipinski definition) is 2. The molecule has 1 fully saturated rings. The minimum Gasteiger partial charge on any atom is -0.503 e. The van der Waals surface area contributed by atoms with Crippen LogP contribution in [0.1, 0.15) is 18.4 Å². The van der Waals surface area contributed by atoms with Crippen molar-refractivity contribution in [3.63, 3.8) is 0 Å². The molecule has 1 saturated carbocycles. The highest BCUT2D eigenvalue weighted by atomic mass is 79.9. The highest BCUT2D eigenvalue weighted by Gasteiger charge is 2.46. The standard InChI is InChI=1S/C10H10BrFO3/c1-15-6-4-5(12)7(8(11)9(6)13)10(14)2-3-10/h4,13-14H,2-3H2,1H3.